The van der Waals surface area contributed by atoms with Gasteiger partial charge in [-0.25, -0.2) is 0 Å². The standard InChI is InChI=1S/C51H97NO7/c1-5-9-13-17-20-28-37-48(36-27-16-12-8-4)51(55)59-47-34-26-22-30-41-52(42-35-43-53)40-29-21-19-25-31-44-56-49(54)38-39-50(57-45-32-23-15-11-7-3)58-46-33-24-18-14-10-6-2/h7,10-11,14,48,50,53H,5-6,8-9,12-13,15-47H2,1-4H3/b11-7-,14-10-. The van der Waals surface area contributed by atoms with E-state index in [9.17, 15) is 14.7 Å². The number of carbonyl (C=O) groups excluding carboxylic acids is 2. The Kier molecular flexibility index (Phi) is 45.9. The van der Waals surface area contributed by atoms with Crippen LogP contribution in [0.4, 0.5) is 0 Å². The van der Waals surface area contributed by atoms with Crippen molar-refractivity contribution in [2.75, 3.05) is 52.7 Å². The number of ether oxygens (including phenoxy) is 4. The number of allylic oxidation sites excluding steroid dienone is 4. The Balaban J connectivity index is 4.24. The minimum atomic E-state index is -0.355. The summed E-state index contributed by atoms with van der Waals surface area (Å²) in [5, 5.41) is 9.44. The van der Waals surface area contributed by atoms with Gasteiger partial charge >= 0.3 is 11.9 Å². The van der Waals surface area contributed by atoms with Gasteiger partial charge in [-0.15, -0.1) is 0 Å². The summed E-state index contributed by atoms with van der Waals surface area (Å²) in [6.07, 6.45) is 41.4. The maximum Gasteiger partial charge on any atom is 0.308 e. The highest BCUT2D eigenvalue weighted by Crippen LogP contribution is 2.21. The fourth-order valence-corrected chi connectivity index (χ4v) is 7.37. The van der Waals surface area contributed by atoms with E-state index < -0.39 is 0 Å². The van der Waals surface area contributed by atoms with Crippen LogP contribution in [0.2, 0.25) is 0 Å². The maximum absolute atomic E-state index is 13.0. The van der Waals surface area contributed by atoms with Crippen LogP contribution in [-0.4, -0.2) is 80.9 Å². The Morgan fingerprint density at radius 2 is 1.02 bits per heavy atom. The largest absolute Gasteiger partial charge is 0.466 e. The average molecular weight is 836 g/mol. The fraction of sp³-hybridized carbons (Fsp3) is 0.882. The van der Waals surface area contributed by atoms with Crippen molar-refractivity contribution < 1.29 is 33.6 Å². The molecule has 2 atom stereocenters. The smallest absolute Gasteiger partial charge is 0.308 e. The van der Waals surface area contributed by atoms with Crippen LogP contribution in [0.5, 0.6) is 0 Å². The lowest BCUT2D eigenvalue weighted by Gasteiger charge is -2.22. The normalized spacial score (nSPS) is 12.9. The molecule has 0 rings (SSSR count). The van der Waals surface area contributed by atoms with Crippen LogP contribution in [0, 0.1) is 5.92 Å². The summed E-state index contributed by atoms with van der Waals surface area (Å²) in [5.74, 6) is -0.0428. The topological polar surface area (TPSA) is 94.5 Å². The fourth-order valence-electron chi connectivity index (χ4n) is 7.37. The van der Waals surface area contributed by atoms with Crippen LogP contribution in [0.15, 0.2) is 24.3 Å². The summed E-state index contributed by atoms with van der Waals surface area (Å²) in [6.45, 7) is 14.3. The predicted molar refractivity (Wildman–Crippen MR) is 249 cm³/mol. The monoisotopic (exact) mass is 836 g/mol. The Morgan fingerprint density at radius 1 is 0.525 bits per heavy atom. The van der Waals surface area contributed by atoms with E-state index in [1.807, 2.05) is 6.92 Å². The lowest BCUT2D eigenvalue weighted by molar-refractivity contribution is -0.159. The van der Waals surface area contributed by atoms with Crippen LogP contribution >= 0.6 is 0 Å². The van der Waals surface area contributed by atoms with Crippen molar-refractivity contribution in [1.82, 2.24) is 4.90 Å². The van der Waals surface area contributed by atoms with E-state index in [4.69, 9.17) is 18.9 Å². The van der Waals surface area contributed by atoms with E-state index in [-0.39, 0.29) is 30.8 Å². The predicted octanol–water partition coefficient (Wildman–Crippen LogP) is 13.6. The first-order chi connectivity index (χ1) is 29.0. The summed E-state index contributed by atoms with van der Waals surface area (Å²) in [5.41, 5.74) is 0. The van der Waals surface area contributed by atoms with Gasteiger partial charge in [0.05, 0.1) is 25.6 Å². The molecule has 0 amide bonds. The quantitative estimate of drug-likeness (QED) is 0.0280. The van der Waals surface area contributed by atoms with Crippen molar-refractivity contribution in [2.24, 2.45) is 5.92 Å². The number of carbonyl (C=O) groups is 2. The first-order valence-corrected chi connectivity index (χ1v) is 25.2. The highest BCUT2D eigenvalue weighted by atomic mass is 16.7. The zero-order valence-corrected chi connectivity index (χ0v) is 39.4. The number of esters is 2. The number of hydrogen-bond donors (Lipinski definition) is 1. The minimum absolute atomic E-state index is 0.0427. The molecular formula is C51H97NO7. The third-order valence-electron chi connectivity index (χ3n) is 11.1. The zero-order valence-electron chi connectivity index (χ0n) is 39.4. The molecule has 0 aromatic heterocycles. The molecule has 2 unspecified atom stereocenters. The third-order valence-corrected chi connectivity index (χ3v) is 11.1. The van der Waals surface area contributed by atoms with E-state index in [0.29, 0.717) is 39.3 Å². The van der Waals surface area contributed by atoms with Gasteiger partial charge in [0.15, 0.2) is 6.29 Å². The van der Waals surface area contributed by atoms with Crippen LogP contribution in [-0.2, 0) is 28.5 Å². The van der Waals surface area contributed by atoms with Gasteiger partial charge < -0.3 is 29.0 Å². The van der Waals surface area contributed by atoms with Gasteiger partial charge in [0.1, 0.15) is 0 Å². The molecule has 0 spiro atoms. The summed E-state index contributed by atoms with van der Waals surface area (Å²) in [7, 11) is 0. The molecule has 0 aliphatic rings. The molecule has 0 aromatic rings. The van der Waals surface area contributed by atoms with E-state index in [1.54, 1.807) is 0 Å². The van der Waals surface area contributed by atoms with Gasteiger partial charge in [-0.2, -0.15) is 0 Å². The van der Waals surface area contributed by atoms with E-state index in [1.165, 1.54) is 51.4 Å². The maximum atomic E-state index is 13.0. The number of unbranched alkanes of at least 4 members (excludes halogenated alkanes) is 19. The molecule has 348 valence electrons. The zero-order chi connectivity index (χ0) is 43.1. The van der Waals surface area contributed by atoms with E-state index >= 15 is 0 Å². The molecule has 0 aliphatic heterocycles. The molecule has 0 bridgehead atoms. The molecule has 59 heavy (non-hydrogen) atoms. The van der Waals surface area contributed by atoms with E-state index in [0.717, 1.165) is 154 Å². The highest BCUT2D eigenvalue weighted by Gasteiger charge is 2.19. The molecule has 8 heteroatoms. The van der Waals surface area contributed by atoms with Gasteiger partial charge in [0, 0.05) is 32.8 Å². The van der Waals surface area contributed by atoms with Crippen LogP contribution in [0.25, 0.3) is 0 Å². The Morgan fingerprint density at radius 3 is 1.59 bits per heavy atom. The lowest BCUT2D eigenvalue weighted by atomic mass is 9.94. The van der Waals surface area contributed by atoms with Gasteiger partial charge in [-0.3, -0.25) is 9.59 Å². The van der Waals surface area contributed by atoms with Crippen LogP contribution < -0.4 is 0 Å². The molecule has 1 N–H and O–H groups in total. The Labute approximate surface area is 365 Å². The van der Waals surface area contributed by atoms with Crippen molar-refractivity contribution >= 4 is 11.9 Å². The van der Waals surface area contributed by atoms with Crippen molar-refractivity contribution in [3.05, 3.63) is 24.3 Å². The van der Waals surface area contributed by atoms with Gasteiger partial charge in [-0.1, -0.05) is 141 Å². The van der Waals surface area contributed by atoms with Crippen molar-refractivity contribution in [1.29, 1.82) is 0 Å². The Hall–Kier alpha value is -1.74. The number of nitrogens with zero attached hydrogens (tertiary/aromatic N) is 1. The first kappa shape index (κ1) is 57.3. The van der Waals surface area contributed by atoms with Gasteiger partial charge in [0.25, 0.3) is 0 Å². The van der Waals surface area contributed by atoms with Gasteiger partial charge in [-0.05, 0) is 110 Å². The summed E-state index contributed by atoms with van der Waals surface area (Å²) < 4.78 is 23.4. The third kappa shape index (κ3) is 41.4. The second kappa shape index (κ2) is 47.3. The van der Waals surface area contributed by atoms with E-state index in [2.05, 4.69) is 50.0 Å². The molecule has 0 saturated carbocycles. The molecule has 0 heterocycles. The second-order valence-electron chi connectivity index (χ2n) is 16.7. The molecule has 0 aromatic carbocycles. The molecule has 0 fully saturated rings. The van der Waals surface area contributed by atoms with Gasteiger partial charge in [0.2, 0.25) is 0 Å². The van der Waals surface area contributed by atoms with Crippen molar-refractivity contribution in [2.45, 2.75) is 233 Å². The average Bonchev–Trinajstić information content (AvgIpc) is 3.24. The number of aliphatic hydroxyl groups excluding tert-OH is 1. The SMILES string of the molecule is C/C=C\CCCCOC(CCC(=O)OCCCCCCCN(CCCO)CCCCCCOC(=O)C(CCCCCC)CCCCCCCC)OCCCC/C=C\CC. The minimum Gasteiger partial charge on any atom is -0.466 e. The molecule has 0 radical (unpaired) electrons. The highest BCUT2D eigenvalue weighted by molar-refractivity contribution is 5.72. The molecule has 0 saturated heterocycles. The lowest BCUT2D eigenvalue weighted by Crippen LogP contribution is -2.28. The molecular weight excluding hydrogens is 739 g/mol. The summed E-state index contributed by atoms with van der Waals surface area (Å²) in [6, 6.07) is 0. The van der Waals surface area contributed by atoms with Crippen LogP contribution in [0.1, 0.15) is 227 Å². The number of hydrogen-bond acceptors (Lipinski definition) is 8. The van der Waals surface area contributed by atoms with Crippen molar-refractivity contribution in [3.63, 3.8) is 0 Å². The summed E-state index contributed by atoms with van der Waals surface area (Å²) >= 11 is 0. The van der Waals surface area contributed by atoms with Crippen LogP contribution in [0.3, 0.4) is 0 Å². The molecule has 0 aliphatic carbocycles. The Bertz CT molecular complexity index is 941. The van der Waals surface area contributed by atoms with Crippen molar-refractivity contribution in [3.8, 4) is 0 Å². The number of rotatable bonds is 47. The second-order valence-corrected chi connectivity index (χ2v) is 16.7. The molecule has 8 nitrogen and oxygen atoms in total. The summed E-state index contributed by atoms with van der Waals surface area (Å²) in [4.78, 5) is 28.0. The first-order valence-electron chi connectivity index (χ1n) is 25.2. The number of aliphatic hydroxyl groups is 1.